The van der Waals surface area contributed by atoms with Crippen molar-refractivity contribution in [3.8, 4) is 0 Å². The number of benzene rings is 1. The molecular weight excluding hydrogens is 347 g/mol. The van der Waals surface area contributed by atoms with E-state index in [9.17, 15) is 18.0 Å². The van der Waals surface area contributed by atoms with Gasteiger partial charge in [0.1, 0.15) is 0 Å². The molecule has 0 aliphatic carbocycles. The number of alkyl halides is 3. The van der Waals surface area contributed by atoms with Gasteiger partial charge in [-0.2, -0.15) is 13.2 Å². The zero-order valence-corrected chi connectivity index (χ0v) is 14.6. The zero-order chi connectivity index (χ0) is 18.6. The van der Waals surface area contributed by atoms with Gasteiger partial charge in [0.25, 0.3) is 0 Å². The number of nitrogens with one attached hydrogen (secondary N) is 2. The molecule has 26 heavy (non-hydrogen) atoms. The maximum absolute atomic E-state index is 13.1. The molecule has 1 aromatic rings. The average Bonchev–Trinajstić information content (AvgIpc) is 2.62. The fraction of sp³-hybridized carbons (Fsp3) is 0.611. The van der Waals surface area contributed by atoms with Crippen LogP contribution >= 0.6 is 0 Å². The highest BCUT2D eigenvalue weighted by molar-refractivity contribution is 5.95. The van der Waals surface area contributed by atoms with Gasteiger partial charge in [-0.3, -0.25) is 4.79 Å². The molecule has 2 aliphatic rings. The number of halogens is 3. The molecule has 0 aromatic heterocycles. The average molecular weight is 371 g/mol. The summed E-state index contributed by atoms with van der Waals surface area (Å²) >= 11 is 0. The Morgan fingerprint density at radius 3 is 2.69 bits per heavy atom. The van der Waals surface area contributed by atoms with Crippen LogP contribution in [-0.2, 0) is 15.7 Å². The minimum absolute atomic E-state index is 0.118. The van der Waals surface area contributed by atoms with E-state index in [4.69, 9.17) is 4.74 Å². The Morgan fingerprint density at radius 1 is 1.27 bits per heavy atom. The quantitative estimate of drug-likeness (QED) is 0.854. The van der Waals surface area contributed by atoms with Crippen molar-refractivity contribution in [2.45, 2.75) is 37.9 Å². The first-order chi connectivity index (χ1) is 12.4. The van der Waals surface area contributed by atoms with Crippen molar-refractivity contribution in [3.05, 3.63) is 23.8 Å². The molecule has 2 N–H and O–H groups in total. The second-order valence-electron chi connectivity index (χ2n) is 6.76. The van der Waals surface area contributed by atoms with Crippen molar-refractivity contribution < 1.29 is 22.7 Å². The number of ether oxygens (including phenoxy) is 1. The van der Waals surface area contributed by atoms with Crippen molar-refractivity contribution in [1.82, 2.24) is 5.32 Å². The lowest BCUT2D eigenvalue weighted by Gasteiger charge is -2.31. The van der Waals surface area contributed by atoms with Crippen molar-refractivity contribution in [3.63, 3.8) is 0 Å². The van der Waals surface area contributed by atoms with Gasteiger partial charge in [0.2, 0.25) is 5.91 Å². The van der Waals surface area contributed by atoms with Crippen LogP contribution in [0.25, 0.3) is 0 Å². The summed E-state index contributed by atoms with van der Waals surface area (Å²) in [6.45, 7) is 3.26. The predicted molar refractivity (Wildman–Crippen MR) is 93.4 cm³/mol. The van der Waals surface area contributed by atoms with Crippen molar-refractivity contribution in [2.24, 2.45) is 0 Å². The van der Waals surface area contributed by atoms with Gasteiger partial charge < -0.3 is 20.3 Å². The van der Waals surface area contributed by atoms with E-state index in [1.54, 1.807) is 0 Å². The minimum atomic E-state index is -4.45. The van der Waals surface area contributed by atoms with Gasteiger partial charge >= 0.3 is 6.18 Å². The van der Waals surface area contributed by atoms with Crippen LogP contribution in [0, 0.1) is 0 Å². The molecule has 0 saturated carbocycles. The molecule has 2 saturated heterocycles. The molecule has 1 aromatic carbocycles. The monoisotopic (exact) mass is 371 g/mol. The van der Waals surface area contributed by atoms with Gasteiger partial charge in [0.05, 0.1) is 30.2 Å². The molecule has 1 unspecified atom stereocenters. The highest BCUT2D eigenvalue weighted by Crippen LogP contribution is 2.36. The number of piperidine rings is 1. The van der Waals surface area contributed by atoms with Crippen molar-refractivity contribution in [1.29, 1.82) is 0 Å². The van der Waals surface area contributed by atoms with E-state index in [2.05, 4.69) is 10.6 Å². The molecule has 0 radical (unpaired) electrons. The summed E-state index contributed by atoms with van der Waals surface area (Å²) in [5.41, 5.74) is 0.120. The van der Waals surface area contributed by atoms with Crippen molar-refractivity contribution in [2.75, 3.05) is 43.1 Å². The van der Waals surface area contributed by atoms with Crippen LogP contribution in [0.5, 0.6) is 0 Å². The van der Waals surface area contributed by atoms with E-state index in [1.165, 1.54) is 6.07 Å². The van der Waals surface area contributed by atoms with Gasteiger partial charge in [-0.25, -0.2) is 0 Å². The van der Waals surface area contributed by atoms with Crippen LogP contribution in [-0.4, -0.2) is 44.8 Å². The second kappa shape index (κ2) is 8.26. The molecule has 2 fully saturated rings. The first kappa shape index (κ1) is 19.0. The van der Waals surface area contributed by atoms with Crippen LogP contribution in [0.4, 0.5) is 24.5 Å². The van der Waals surface area contributed by atoms with Crippen LogP contribution in [0.3, 0.4) is 0 Å². The Kier molecular flexibility index (Phi) is 6.03. The Labute approximate surface area is 150 Å². The molecular formula is C18H24F3N3O2. The number of nitrogens with zero attached hydrogens (tertiary/aromatic N) is 1. The number of carbonyl (C=O) groups is 1. The van der Waals surface area contributed by atoms with E-state index in [0.29, 0.717) is 25.4 Å². The van der Waals surface area contributed by atoms with E-state index in [-0.39, 0.29) is 24.1 Å². The lowest BCUT2D eigenvalue weighted by molar-refractivity contribution is -0.137. The molecule has 144 valence electrons. The number of morpholine rings is 1. The maximum atomic E-state index is 13.1. The summed E-state index contributed by atoms with van der Waals surface area (Å²) < 4.78 is 44.6. The molecule has 2 aliphatic heterocycles. The standard InChI is InChI=1S/C18H24F3N3O2/c19-18(20,21)13-4-5-16(24-7-2-1-3-8-24)15(10-13)23-17(25)11-14-12-26-9-6-22-14/h4-5,10,14,22H,1-3,6-9,11-12H2,(H,23,25). The number of carbonyl (C=O) groups excluding carboxylic acids is 1. The Balaban J connectivity index is 1.78. The number of hydrogen-bond acceptors (Lipinski definition) is 4. The van der Waals surface area contributed by atoms with Crippen molar-refractivity contribution >= 4 is 17.3 Å². The topological polar surface area (TPSA) is 53.6 Å². The fourth-order valence-corrected chi connectivity index (χ4v) is 3.40. The minimum Gasteiger partial charge on any atom is -0.378 e. The molecule has 5 nitrogen and oxygen atoms in total. The number of amides is 1. The summed E-state index contributed by atoms with van der Waals surface area (Å²) in [7, 11) is 0. The highest BCUT2D eigenvalue weighted by Gasteiger charge is 2.32. The van der Waals surface area contributed by atoms with Crippen LogP contribution in [0.15, 0.2) is 18.2 Å². The zero-order valence-electron chi connectivity index (χ0n) is 14.6. The third-order valence-corrected chi connectivity index (χ3v) is 4.72. The highest BCUT2D eigenvalue weighted by atomic mass is 19.4. The smallest absolute Gasteiger partial charge is 0.378 e. The first-order valence-electron chi connectivity index (χ1n) is 9.00. The van der Waals surface area contributed by atoms with E-state index in [1.807, 2.05) is 4.90 Å². The normalized spacial score (nSPS) is 21.5. The Bertz CT molecular complexity index is 625. The third-order valence-electron chi connectivity index (χ3n) is 4.72. The van der Waals surface area contributed by atoms with E-state index >= 15 is 0 Å². The summed E-state index contributed by atoms with van der Waals surface area (Å²) in [4.78, 5) is 14.4. The molecule has 8 heteroatoms. The SMILES string of the molecule is O=C(CC1COCCN1)Nc1cc(C(F)(F)F)ccc1N1CCCCC1. The number of anilines is 2. The van der Waals surface area contributed by atoms with Gasteiger partial charge in [-0.05, 0) is 37.5 Å². The molecule has 1 amide bonds. The molecule has 2 heterocycles. The van der Waals surface area contributed by atoms with Gasteiger partial charge in [-0.1, -0.05) is 0 Å². The number of hydrogen-bond donors (Lipinski definition) is 2. The summed E-state index contributed by atoms with van der Waals surface area (Å²) in [5, 5.41) is 5.86. The Hall–Kier alpha value is -1.80. The molecule has 3 rings (SSSR count). The van der Waals surface area contributed by atoms with Crippen LogP contribution in [0.1, 0.15) is 31.2 Å². The van der Waals surface area contributed by atoms with Gasteiger partial charge in [-0.15, -0.1) is 0 Å². The maximum Gasteiger partial charge on any atom is 0.416 e. The Morgan fingerprint density at radius 2 is 2.04 bits per heavy atom. The largest absolute Gasteiger partial charge is 0.416 e. The fourth-order valence-electron chi connectivity index (χ4n) is 3.40. The lowest BCUT2D eigenvalue weighted by Crippen LogP contribution is -2.43. The third kappa shape index (κ3) is 4.88. The van der Waals surface area contributed by atoms with Gasteiger partial charge in [0, 0.05) is 32.1 Å². The summed E-state index contributed by atoms with van der Waals surface area (Å²) in [5.74, 6) is -0.314. The second-order valence-corrected chi connectivity index (χ2v) is 6.76. The van der Waals surface area contributed by atoms with Crippen LogP contribution in [0.2, 0.25) is 0 Å². The number of rotatable bonds is 4. The first-order valence-corrected chi connectivity index (χ1v) is 9.00. The molecule has 0 bridgehead atoms. The molecule has 1 atom stereocenters. The summed E-state index contributed by atoms with van der Waals surface area (Å²) in [6.07, 6.45) is -1.17. The van der Waals surface area contributed by atoms with E-state index < -0.39 is 11.7 Å². The molecule has 0 spiro atoms. The van der Waals surface area contributed by atoms with Crippen LogP contribution < -0.4 is 15.5 Å². The summed E-state index contributed by atoms with van der Waals surface area (Å²) in [6, 6.07) is 3.46. The lowest BCUT2D eigenvalue weighted by atomic mass is 10.1. The predicted octanol–water partition coefficient (Wildman–Crippen LogP) is 3.01. The van der Waals surface area contributed by atoms with E-state index in [0.717, 1.165) is 44.5 Å². The van der Waals surface area contributed by atoms with Gasteiger partial charge in [0.15, 0.2) is 0 Å².